The summed E-state index contributed by atoms with van der Waals surface area (Å²) in [7, 11) is 1.44. The lowest BCUT2D eigenvalue weighted by Crippen LogP contribution is -2.55. The van der Waals surface area contributed by atoms with E-state index in [0.717, 1.165) is 5.56 Å². The van der Waals surface area contributed by atoms with Gasteiger partial charge in [0.2, 0.25) is 11.8 Å². The highest BCUT2D eigenvalue weighted by atomic mass is 127. The van der Waals surface area contributed by atoms with Gasteiger partial charge < -0.3 is 34.6 Å². The smallest absolute Gasteiger partial charge is 0.247 e. The Morgan fingerprint density at radius 3 is 2.60 bits per heavy atom. The van der Waals surface area contributed by atoms with Gasteiger partial charge in [-0.25, -0.2) is 0 Å². The van der Waals surface area contributed by atoms with E-state index < -0.39 is 24.2 Å². The molecule has 0 fully saturated rings. The van der Waals surface area contributed by atoms with Crippen LogP contribution in [0.15, 0.2) is 54.1 Å². The fourth-order valence-electron chi connectivity index (χ4n) is 4.74. The molecular formula is C31H39IN2O8. The predicted molar refractivity (Wildman–Crippen MR) is 166 cm³/mol. The van der Waals surface area contributed by atoms with Crippen LogP contribution in [0.2, 0.25) is 0 Å². The Morgan fingerprint density at radius 2 is 1.95 bits per heavy atom. The lowest BCUT2D eigenvalue weighted by molar-refractivity contribution is -0.138. The number of ether oxygens (including phenoxy) is 3. The molecular weight excluding hydrogens is 655 g/mol. The largest absolute Gasteiger partial charge is 0.493 e. The van der Waals surface area contributed by atoms with E-state index in [1.807, 2.05) is 66.8 Å². The van der Waals surface area contributed by atoms with E-state index in [1.165, 1.54) is 13.2 Å². The molecule has 2 aromatic rings. The maximum atomic E-state index is 13.8. The Kier molecular flexibility index (Phi) is 13.2. The maximum absolute atomic E-state index is 13.8. The summed E-state index contributed by atoms with van der Waals surface area (Å²) in [5, 5.41) is 23.6. The summed E-state index contributed by atoms with van der Waals surface area (Å²) >= 11 is 2.02. The topological polar surface area (TPSA) is 135 Å². The van der Waals surface area contributed by atoms with E-state index in [1.54, 1.807) is 17.0 Å². The first-order valence-electron chi connectivity index (χ1n) is 13.9. The van der Waals surface area contributed by atoms with Gasteiger partial charge in [0.25, 0.3) is 0 Å². The normalized spacial score (nSPS) is 18.3. The molecule has 3 atom stereocenters. The van der Waals surface area contributed by atoms with Gasteiger partial charge in [-0.2, -0.15) is 0 Å². The Morgan fingerprint density at radius 1 is 1.21 bits per heavy atom. The summed E-state index contributed by atoms with van der Waals surface area (Å²) in [6.45, 7) is 4.41. The minimum Gasteiger partial charge on any atom is -0.493 e. The number of amides is 2. The predicted octanol–water partition coefficient (Wildman–Crippen LogP) is 2.91. The summed E-state index contributed by atoms with van der Waals surface area (Å²) in [6, 6.07) is 11.7. The molecule has 0 aromatic heterocycles. The molecule has 42 heavy (non-hydrogen) atoms. The van der Waals surface area contributed by atoms with Gasteiger partial charge in [0.15, 0.2) is 11.5 Å². The Labute approximate surface area is 260 Å². The van der Waals surface area contributed by atoms with E-state index in [9.17, 15) is 24.6 Å². The number of aliphatic hydroxyl groups is 2. The zero-order valence-corrected chi connectivity index (χ0v) is 26.3. The number of nitrogens with zero attached hydrogens (tertiary/aromatic N) is 1. The molecule has 0 saturated heterocycles. The van der Waals surface area contributed by atoms with Gasteiger partial charge in [0.05, 0.1) is 35.9 Å². The zero-order chi connectivity index (χ0) is 30.6. The standard InChI is InChI=1S/C31H39IN2O8/c1-20(2)41-13-7-11-34(28(37)16-21-8-5-4-6-9-21)25-17-23(31(39)33-10-12-35)18-26(29(25)38)42-30-24(32)14-22(19-36)15-27(30)40-3/h4-6,8-9,14-15,18-20,25-26,29,35,38H,7,10-13,16-17H2,1-3H3,(H,33,39)/t25-,26+,29+/m1/s1. The van der Waals surface area contributed by atoms with Crippen molar-refractivity contribution in [1.29, 1.82) is 0 Å². The van der Waals surface area contributed by atoms with Crippen molar-refractivity contribution in [2.24, 2.45) is 0 Å². The number of aliphatic hydroxyl groups excluding tert-OH is 2. The number of aldehydes is 1. The molecule has 0 spiro atoms. The summed E-state index contributed by atoms with van der Waals surface area (Å²) in [4.78, 5) is 39.8. The van der Waals surface area contributed by atoms with Crippen LogP contribution >= 0.6 is 22.6 Å². The molecule has 0 unspecified atom stereocenters. The molecule has 3 N–H and O–H groups in total. The Bertz CT molecular complexity index is 1240. The summed E-state index contributed by atoms with van der Waals surface area (Å²) < 4.78 is 18.0. The highest BCUT2D eigenvalue weighted by Gasteiger charge is 2.40. The highest BCUT2D eigenvalue weighted by Crippen LogP contribution is 2.37. The van der Waals surface area contributed by atoms with Crippen molar-refractivity contribution < 1.29 is 38.8 Å². The van der Waals surface area contributed by atoms with E-state index in [4.69, 9.17) is 14.2 Å². The Balaban J connectivity index is 1.98. The minimum atomic E-state index is -1.20. The number of hydrogen-bond donors (Lipinski definition) is 3. The lowest BCUT2D eigenvalue weighted by Gasteiger charge is -2.41. The highest BCUT2D eigenvalue weighted by molar-refractivity contribution is 14.1. The summed E-state index contributed by atoms with van der Waals surface area (Å²) in [5.74, 6) is -0.0349. The lowest BCUT2D eigenvalue weighted by atomic mass is 9.87. The van der Waals surface area contributed by atoms with Crippen molar-refractivity contribution in [3.8, 4) is 11.5 Å². The molecule has 0 saturated carbocycles. The number of nitrogens with one attached hydrogen (secondary N) is 1. The van der Waals surface area contributed by atoms with Crippen LogP contribution in [0.1, 0.15) is 42.6 Å². The Hall–Kier alpha value is -3.00. The average molecular weight is 695 g/mol. The molecule has 2 amide bonds. The molecule has 2 aromatic carbocycles. The first kappa shape index (κ1) is 33.5. The van der Waals surface area contributed by atoms with Crippen molar-refractivity contribution in [3.63, 3.8) is 0 Å². The van der Waals surface area contributed by atoms with Gasteiger partial charge in [0.1, 0.15) is 18.5 Å². The zero-order valence-electron chi connectivity index (χ0n) is 24.1. The van der Waals surface area contributed by atoms with E-state index in [2.05, 4.69) is 5.32 Å². The summed E-state index contributed by atoms with van der Waals surface area (Å²) in [6.07, 6.45) is 0.781. The van der Waals surface area contributed by atoms with Gasteiger partial charge in [-0.1, -0.05) is 30.3 Å². The number of hydrogen-bond acceptors (Lipinski definition) is 8. The fraction of sp³-hybridized carbons (Fsp3) is 0.452. The molecule has 3 rings (SSSR count). The third-order valence-corrected chi connectivity index (χ3v) is 7.57. The first-order valence-corrected chi connectivity index (χ1v) is 15.0. The third-order valence-electron chi connectivity index (χ3n) is 6.77. The molecule has 0 radical (unpaired) electrons. The van der Waals surface area contributed by atoms with Crippen LogP contribution in [-0.2, 0) is 20.7 Å². The molecule has 0 aliphatic heterocycles. The van der Waals surface area contributed by atoms with Crippen LogP contribution in [0.3, 0.4) is 0 Å². The molecule has 11 heteroatoms. The molecule has 1 aliphatic rings. The number of rotatable bonds is 15. The van der Waals surface area contributed by atoms with Crippen LogP contribution in [-0.4, -0.2) is 91.0 Å². The number of methoxy groups -OCH3 is 1. The van der Waals surface area contributed by atoms with Crippen LogP contribution in [0.4, 0.5) is 0 Å². The average Bonchev–Trinajstić information content (AvgIpc) is 2.98. The van der Waals surface area contributed by atoms with Crippen molar-refractivity contribution in [2.75, 3.05) is 33.4 Å². The number of benzene rings is 2. The SMILES string of the molecule is COc1cc(C=O)cc(I)c1O[C@H]1C=C(C(=O)NCCO)C[C@@H](N(CCCOC(C)C)C(=O)Cc2ccccc2)[C@@H]1O. The molecule has 0 bridgehead atoms. The van der Waals surface area contributed by atoms with Gasteiger partial charge in [-0.15, -0.1) is 0 Å². The third kappa shape index (κ3) is 9.25. The maximum Gasteiger partial charge on any atom is 0.247 e. The second kappa shape index (κ2) is 16.6. The van der Waals surface area contributed by atoms with Crippen molar-refractivity contribution in [3.05, 3.63) is 68.8 Å². The second-order valence-electron chi connectivity index (χ2n) is 10.2. The van der Waals surface area contributed by atoms with E-state index in [-0.39, 0.29) is 38.0 Å². The quantitative estimate of drug-likeness (QED) is 0.147. The molecule has 10 nitrogen and oxygen atoms in total. The van der Waals surface area contributed by atoms with Crippen molar-refractivity contribution >= 4 is 40.7 Å². The van der Waals surface area contributed by atoms with Crippen LogP contribution < -0.4 is 14.8 Å². The fourth-order valence-corrected chi connectivity index (χ4v) is 5.49. The van der Waals surface area contributed by atoms with Crippen molar-refractivity contribution in [2.45, 2.75) is 57.5 Å². The van der Waals surface area contributed by atoms with Gasteiger partial charge in [-0.05, 0) is 66.6 Å². The van der Waals surface area contributed by atoms with Crippen LogP contribution in [0.25, 0.3) is 0 Å². The van der Waals surface area contributed by atoms with E-state index >= 15 is 0 Å². The van der Waals surface area contributed by atoms with Gasteiger partial charge in [-0.3, -0.25) is 14.4 Å². The van der Waals surface area contributed by atoms with Crippen LogP contribution in [0, 0.1) is 3.57 Å². The van der Waals surface area contributed by atoms with Gasteiger partial charge >= 0.3 is 0 Å². The number of carbonyl (C=O) groups is 3. The molecule has 1 aliphatic carbocycles. The summed E-state index contributed by atoms with van der Waals surface area (Å²) in [5.41, 5.74) is 1.54. The van der Waals surface area contributed by atoms with E-state index in [0.29, 0.717) is 52.1 Å². The second-order valence-corrected chi connectivity index (χ2v) is 11.4. The minimum absolute atomic E-state index is 0.0318. The monoisotopic (exact) mass is 694 g/mol. The molecule has 228 valence electrons. The molecule has 0 heterocycles. The van der Waals surface area contributed by atoms with Crippen molar-refractivity contribution in [1.82, 2.24) is 10.2 Å². The number of halogens is 1. The number of carbonyl (C=O) groups excluding carboxylic acids is 3. The van der Waals surface area contributed by atoms with Crippen LogP contribution in [0.5, 0.6) is 11.5 Å². The van der Waals surface area contributed by atoms with Gasteiger partial charge in [0, 0.05) is 37.3 Å². The first-order chi connectivity index (χ1) is 20.2.